The number of amides is 1. The number of imidazole rings is 1. The number of morpholine rings is 1. The van der Waals surface area contributed by atoms with Crippen molar-refractivity contribution in [3.63, 3.8) is 0 Å². The molecule has 1 amide bonds. The summed E-state index contributed by atoms with van der Waals surface area (Å²) in [4.78, 5) is 22.3. The van der Waals surface area contributed by atoms with Gasteiger partial charge in [0, 0.05) is 51.9 Å². The van der Waals surface area contributed by atoms with Crippen LogP contribution in [-0.4, -0.2) is 64.7 Å². The van der Waals surface area contributed by atoms with Crippen LogP contribution in [0.3, 0.4) is 0 Å². The first kappa shape index (κ1) is 17.7. The van der Waals surface area contributed by atoms with E-state index in [1.165, 1.54) is 5.69 Å². The van der Waals surface area contributed by atoms with Crippen molar-refractivity contribution in [2.45, 2.75) is 45.7 Å². The summed E-state index contributed by atoms with van der Waals surface area (Å²) in [6.07, 6.45) is 10.1. The number of nitrogens with zero attached hydrogens (tertiary/aromatic N) is 4. The lowest BCUT2D eigenvalue weighted by molar-refractivity contribution is -0.141. The number of hydrogen-bond donors (Lipinski definition) is 0. The largest absolute Gasteiger partial charge is 0.379 e. The van der Waals surface area contributed by atoms with Gasteiger partial charge in [-0.3, -0.25) is 9.69 Å². The number of carbonyl (C=O) groups excluding carboxylic acids is 1. The zero-order valence-electron chi connectivity index (χ0n) is 15.8. The number of aromatic nitrogens is 2. The fourth-order valence-electron chi connectivity index (χ4n) is 4.35. The number of fused-ring (bicyclic) bond motifs is 1. The Morgan fingerprint density at radius 1 is 1.19 bits per heavy atom. The Kier molecular flexibility index (Phi) is 5.14. The molecule has 1 aromatic heterocycles. The van der Waals surface area contributed by atoms with E-state index < -0.39 is 0 Å². The fourth-order valence-corrected chi connectivity index (χ4v) is 4.35. The molecule has 0 N–H and O–H groups in total. The number of rotatable bonds is 3. The SMILES string of the molecule is C[C@]1(C(=O)N2CCc3ncc(CN4CCOCC4)n3CC2)CC=CCC1. The molecule has 3 heterocycles. The minimum absolute atomic E-state index is 0.224. The summed E-state index contributed by atoms with van der Waals surface area (Å²) in [7, 11) is 0. The topological polar surface area (TPSA) is 50.6 Å². The summed E-state index contributed by atoms with van der Waals surface area (Å²) in [5.74, 6) is 1.44. The Bertz CT molecular complexity index is 677. The first-order valence-electron chi connectivity index (χ1n) is 9.93. The first-order chi connectivity index (χ1) is 12.7. The second-order valence-corrected chi connectivity index (χ2v) is 8.02. The highest BCUT2D eigenvalue weighted by Gasteiger charge is 2.37. The molecule has 2 aliphatic heterocycles. The standard InChI is InChI=1S/C20H30N4O2/c1-20(6-3-2-4-7-20)19(25)23-8-5-18-21-15-17(24(18)10-9-23)16-22-11-13-26-14-12-22/h2-3,15H,4-14,16H2,1H3/t20-/m0/s1. The highest BCUT2D eigenvalue weighted by Crippen LogP contribution is 2.34. The number of hydrogen-bond acceptors (Lipinski definition) is 4. The van der Waals surface area contributed by atoms with Crippen LogP contribution in [0, 0.1) is 5.41 Å². The quantitative estimate of drug-likeness (QED) is 0.774. The summed E-state index contributed by atoms with van der Waals surface area (Å²) in [5, 5.41) is 0. The van der Waals surface area contributed by atoms with E-state index in [9.17, 15) is 4.79 Å². The van der Waals surface area contributed by atoms with E-state index >= 15 is 0 Å². The molecule has 0 spiro atoms. The van der Waals surface area contributed by atoms with E-state index in [-0.39, 0.29) is 5.41 Å². The van der Waals surface area contributed by atoms with E-state index in [2.05, 4.69) is 38.4 Å². The van der Waals surface area contributed by atoms with Crippen LogP contribution < -0.4 is 0 Å². The lowest BCUT2D eigenvalue weighted by Gasteiger charge is -2.35. The van der Waals surface area contributed by atoms with Gasteiger partial charge in [-0.05, 0) is 19.3 Å². The smallest absolute Gasteiger partial charge is 0.228 e. The molecular weight excluding hydrogens is 328 g/mol. The van der Waals surface area contributed by atoms with Crippen LogP contribution >= 0.6 is 0 Å². The van der Waals surface area contributed by atoms with E-state index in [0.717, 1.165) is 84.0 Å². The lowest BCUT2D eigenvalue weighted by atomic mass is 9.77. The second-order valence-electron chi connectivity index (χ2n) is 8.02. The minimum Gasteiger partial charge on any atom is -0.379 e. The molecule has 3 aliphatic rings. The number of allylic oxidation sites excluding steroid dienone is 2. The van der Waals surface area contributed by atoms with E-state index in [1.54, 1.807) is 0 Å². The van der Waals surface area contributed by atoms with Crippen LogP contribution in [0.1, 0.15) is 37.7 Å². The van der Waals surface area contributed by atoms with Gasteiger partial charge in [0.2, 0.25) is 5.91 Å². The van der Waals surface area contributed by atoms with Crippen molar-refractivity contribution in [1.29, 1.82) is 0 Å². The number of ether oxygens (including phenoxy) is 1. The molecular formula is C20H30N4O2. The molecule has 142 valence electrons. The Balaban J connectivity index is 1.42. The Morgan fingerprint density at radius 2 is 2.04 bits per heavy atom. The van der Waals surface area contributed by atoms with Crippen molar-refractivity contribution in [3.05, 3.63) is 29.9 Å². The molecule has 4 rings (SSSR count). The fraction of sp³-hybridized carbons (Fsp3) is 0.700. The van der Waals surface area contributed by atoms with Gasteiger partial charge in [-0.2, -0.15) is 0 Å². The third-order valence-electron chi connectivity index (χ3n) is 6.11. The predicted molar refractivity (Wildman–Crippen MR) is 99.7 cm³/mol. The highest BCUT2D eigenvalue weighted by molar-refractivity contribution is 5.82. The van der Waals surface area contributed by atoms with Gasteiger partial charge >= 0.3 is 0 Å². The van der Waals surface area contributed by atoms with Crippen molar-refractivity contribution in [1.82, 2.24) is 19.4 Å². The molecule has 0 bridgehead atoms. The third-order valence-corrected chi connectivity index (χ3v) is 6.11. The Labute approximate surface area is 155 Å². The van der Waals surface area contributed by atoms with Crippen LogP contribution in [-0.2, 0) is 29.0 Å². The zero-order valence-corrected chi connectivity index (χ0v) is 15.8. The molecule has 1 fully saturated rings. The first-order valence-corrected chi connectivity index (χ1v) is 9.93. The van der Waals surface area contributed by atoms with Gasteiger partial charge in [0.1, 0.15) is 5.82 Å². The van der Waals surface area contributed by atoms with E-state index in [4.69, 9.17) is 4.74 Å². The molecule has 1 saturated heterocycles. The molecule has 0 saturated carbocycles. The van der Waals surface area contributed by atoms with Crippen LogP contribution in [0.5, 0.6) is 0 Å². The lowest BCUT2D eigenvalue weighted by Crippen LogP contribution is -2.44. The highest BCUT2D eigenvalue weighted by atomic mass is 16.5. The average Bonchev–Trinajstić information content (AvgIpc) is 2.92. The minimum atomic E-state index is -0.224. The average molecular weight is 358 g/mol. The summed E-state index contributed by atoms with van der Waals surface area (Å²) < 4.78 is 7.79. The monoisotopic (exact) mass is 358 g/mol. The van der Waals surface area contributed by atoms with Crippen molar-refractivity contribution in [3.8, 4) is 0 Å². The maximum absolute atomic E-state index is 13.1. The van der Waals surface area contributed by atoms with Crippen LogP contribution in [0.4, 0.5) is 0 Å². The third kappa shape index (κ3) is 3.58. The van der Waals surface area contributed by atoms with Gasteiger partial charge < -0.3 is 14.2 Å². The molecule has 1 aliphatic carbocycles. The summed E-state index contributed by atoms with van der Waals surface area (Å²) in [6.45, 7) is 9.08. The Morgan fingerprint density at radius 3 is 2.81 bits per heavy atom. The predicted octanol–water partition coefficient (Wildman–Crippen LogP) is 1.85. The van der Waals surface area contributed by atoms with Crippen molar-refractivity contribution in [2.24, 2.45) is 5.41 Å². The normalized spacial score (nSPS) is 27.2. The van der Waals surface area contributed by atoms with Gasteiger partial charge in [-0.15, -0.1) is 0 Å². The Hall–Kier alpha value is -1.66. The molecule has 0 radical (unpaired) electrons. The molecule has 6 nitrogen and oxygen atoms in total. The van der Waals surface area contributed by atoms with Crippen molar-refractivity contribution in [2.75, 3.05) is 39.4 Å². The molecule has 26 heavy (non-hydrogen) atoms. The molecule has 6 heteroatoms. The van der Waals surface area contributed by atoms with Gasteiger partial charge in [-0.25, -0.2) is 4.98 Å². The molecule has 1 atom stereocenters. The zero-order chi connectivity index (χ0) is 18.0. The van der Waals surface area contributed by atoms with Gasteiger partial charge in [0.15, 0.2) is 0 Å². The summed E-state index contributed by atoms with van der Waals surface area (Å²) in [5.41, 5.74) is 1.04. The van der Waals surface area contributed by atoms with Crippen molar-refractivity contribution < 1.29 is 9.53 Å². The maximum atomic E-state index is 13.1. The van der Waals surface area contributed by atoms with Crippen LogP contribution in [0.2, 0.25) is 0 Å². The molecule has 0 unspecified atom stereocenters. The number of carbonyl (C=O) groups is 1. The van der Waals surface area contributed by atoms with Gasteiger partial charge in [0.25, 0.3) is 0 Å². The van der Waals surface area contributed by atoms with Gasteiger partial charge in [-0.1, -0.05) is 19.1 Å². The summed E-state index contributed by atoms with van der Waals surface area (Å²) in [6, 6.07) is 0. The molecule has 1 aromatic rings. The van der Waals surface area contributed by atoms with E-state index in [1.807, 2.05) is 6.20 Å². The second kappa shape index (κ2) is 7.53. The van der Waals surface area contributed by atoms with Gasteiger partial charge in [0.05, 0.1) is 24.3 Å². The van der Waals surface area contributed by atoms with E-state index in [0.29, 0.717) is 5.91 Å². The van der Waals surface area contributed by atoms with Crippen LogP contribution in [0.25, 0.3) is 0 Å². The van der Waals surface area contributed by atoms with Crippen molar-refractivity contribution >= 4 is 5.91 Å². The van der Waals surface area contributed by atoms with Crippen LogP contribution in [0.15, 0.2) is 18.3 Å². The maximum Gasteiger partial charge on any atom is 0.228 e. The summed E-state index contributed by atoms with van der Waals surface area (Å²) >= 11 is 0. The molecule has 0 aromatic carbocycles.